The number of nitrogens with zero attached hydrogens (tertiary/aromatic N) is 4. The van der Waals surface area contributed by atoms with Crippen molar-refractivity contribution < 1.29 is 4.74 Å². The second kappa shape index (κ2) is 6.02. The number of rotatable bonds is 3. The Labute approximate surface area is 146 Å². The molecule has 0 fully saturated rings. The van der Waals surface area contributed by atoms with Crippen LogP contribution < -0.4 is 4.74 Å². The number of pyridine rings is 3. The summed E-state index contributed by atoms with van der Waals surface area (Å²) in [5.74, 6) is 0.597. The first-order valence-electron chi connectivity index (χ1n) is 8.07. The molecule has 0 aliphatic rings. The summed E-state index contributed by atoms with van der Waals surface area (Å²) in [6, 6.07) is 10.1. The zero-order chi connectivity index (χ0) is 17.4. The molecule has 124 valence electrons. The first kappa shape index (κ1) is 15.3. The van der Waals surface area contributed by atoms with Gasteiger partial charge >= 0.3 is 0 Å². The Bertz CT molecular complexity index is 1030. The number of hydrogen-bond donors (Lipinski definition) is 0. The minimum Gasteiger partial charge on any atom is -0.481 e. The summed E-state index contributed by atoms with van der Waals surface area (Å²) in [5, 5.41) is 0. The molecule has 0 radical (unpaired) electrons. The molecule has 0 N–H and O–H groups in total. The van der Waals surface area contributed by atoms with E-state index in [4.69, 9.17) is 4.74 Å². The van der Waals surface area contributed by atoms with Crippen LogP contribution in [0.3, 0.4) is 0 Å². The molecule has 4 aromatic heterocycles. The van der Waals surface area contributed by atoms with E-state index >= 15 is 0 Å². The molecule has 0 saturated carbocycles. The maximum Gasteiger partial charge on any atom is 0.212 e. The summed E-state index contributed by atoms with van der Waals surface area (Å²) in [5.41, 5.74) is 7.31. The third-order valence-corrected chi connectivity index (χ3v) is 4.32. The van der Waals surface area contributed by atoms with Crippen molar-refractivity contribution in [1.82, 2.24) is 19.4 Å². The van der Waals surface area contributed by atoms with Gasteiger partial charge in [-0.15, -0.1) is 0 Å². The number of ether oxygens (including phenoxy) is 1. The highest BCUT2D eigenvalue weighted by atomic mass is 16.5. The van der Waals surface area contributed by atoms with Crippen molar-refractivity contribution in [3.05, 3.63) is 66.4 Å². The minimum atomic E-state index is 0.597. The second-order valence-electron chi connectivity index (χ2n) is 6.02. The van der Waals surface area contributed by atoms with Crippen LogP contribution in [0.15, 0.2) is 55.1 Å². The molecule has 25 heavy (non-hydrogen) atoms. The number of aromatic nitrogens is 4. The van der Waals surface area contributed by atoms with Crippen LogP contribution in [0, 0.1) is 13.8 Å². The molecule has 0 amide bonds. The Kier molecular flexibility index (Phi) is 3.69. The molecule has 0 aliphatic heterocycles. The fraction of sp³-hybridized carbons (Fsp3) is 0.150. The van der Waals surface area contributed by atoms with Crippen molar-refractivity contribution in [3.8, 4) is 28.3 Å². The Balaban J connectivity index is 1.86. The summed E-state index contributed by atoms with van der Waals surface area (Å²) in [7, 11) is 1.61. The average Bonchev–Trinajstić information content (AvgIpc) is 3.04. The normalized spacial score (nSPS) is 11.0. The second-order valence-corrected chi connectivity index (χ2v) is 6.02. The third-order valence-electron chi connectivity index (χ3n) is 4.32. The Morgan fingerprint density at radius 3 is 2.36 bits per heavy atom. The van der Waals surface area contributed by atoms with E-state index in [1.165, 1.54) is 5.56 Å². The van der Waals surface area contributed by atoms with Crippen LogP contribution in [0.5, 0.6) is 5.88 Å². The standard InChI is InChI=1S/C20H18N4O/c1-13-8-19-22-11-18(16-6-7-20(25-3)23-10-16)24(19)12-17(13)15-5-4-14(2)21-9-15/h4-12H,1-3H3. The van der Waals surface area contributed by atoms with E-state index < -0.39 is 0 Å². The first-order valence-corrected chi connectivity index (χ1v) is 8.07. The van der Waals surface area contributed by atoms with Crippen LogP contribution in [-0.4, -0.2) is 26.5 Å². The largest absolute Gasteiger partial charge is 0.481 e. The highest BCUT2D eigenvalue weighted by molar-refractivity contribution is 5.71. The highest BCUT2D eigenvalue weighted by Gasteiger charge is 2.11. The van der Waals surface area contributed by atoms with Gasteiger partial charge in [0.2, 0.25) is 5.88 Å². The molecule has 0 unspecified atom stereocenters. The van der Waals surface area contributed by atoms with Crippen LogP contribution in [0.2, 0.25) is 0 Å². The zero-order valence-corrected chi connectivity index (χ0v) is 14.4. The molecule has 0 spiro atoms. The predicted molar refractivity (Wildman–Crippen MR) is 97.7 cm³/mol. The molecule has 5 nitrogen and oxygen atoms in total. The summed E-state index contributed by atoms with van der Waals surface area (Å²) < 4.78 is 7.22. The fourth-order valence-corrected chi connectivity index (χ4v) is 2.92. The van der Waals surface area contributed by atoms with Crippen molar-refractivity contribution in [3.63, 3.8) is 0 Å². The van der Waals surface area contributed by atoms with E-state index in [2.05, 4.69) is 44.6 Å². The van der Waals surface area contributed by atoms with Gasteiger partial charge in [0, 0.05) is 47.0 Å². The van der Waals surface area contributed by atoms with E-state index in [0.717, 1.165) is 33.7 Å². The van der Waals surface area contributed by atoms with Crippen LogP contribution in [0.25, 0.3) is 28.0 Å². The van der Waals surface area contributed by atoms with Gasteiger partial charge in [-0.25, -0.2) is 9.97 Å². The van der Waals surface area contributed by atoms with E-state index in [1.807, 2.05) is 37.5 Å². The van der Waals surface area contributed by atoms with Gasteiger partial charge in [-0.05, 0) is 37.6 Å². The summed E-state index contributed by atoms with van der Waals surface area (Å²) in [4.78, 5) is 13.2. The van der Waals surface area contributed by atoms with Crippen LogP contribution in [0.4, 0.5) is 0 Å². The Morgan fingerprint density at radius 1 is 0.880 bits per heavy atom. The fourth-order valence-electron chi connectivity index (χ4n) is 2.92. The molecule has 0 saturated heterocycles. The molecule has 4 aromatic rings. The molecule has 5 heteroatoms. The minimum absolute atomic E-state index is 0.597. The smallest absolute Gasteiger partial charge is 0.212 e. The van der Waals surface area contributed by atoms with E-state index in [1.54, 1.807) is 13.3 Å². The molecule has 4 heterocycles. The SMILES string of the molecule is COc1ccc(-c2cnc3cc(C)c(-c4ccc(C)nc4)cn23)cn1. The van der Waals surface area contributed by atoms with Crippen molar-refractivity contribution in [1.29, 1.82) is 0 Å². The number of fused-ring (bicyclic) bond motifs is 1. The quantitative estimate of drug-likeness (QED) is 0.568. The number of methoxy groups -OCH3 is 1. The van der Waals surface area contributed by atoms with Gasteiger partial charge < -0.3 is 4.74 Å². The van der Waals surface area contributed by atoms with Gasteiger partial charge in [-0.2, -0.15) is 0 Å². The van der Waals surface area contributed by atoms with Gasteiger partial charge in [-0.3, -0.25) is 9.38 Å². The molecule has 0 atom stereocenters. The van der Waals surface area contributed by atoms with Gasteiger partial charge in [-0.1, -0.05) is 6.07 Å². The molecule has 4 rings (SSSR count). The molecule has 0 bridgehead atoms. The maximum atomic E-state index is 5.14. The lowest BCUT2D eigenvalue weighted by Gasteiger charge is -2.09. The lowest BCUT2D eigenvalue weighted by atomic mass is 10.0. The zero-order valence-electron chi connectivity index (χ0n) is 14.4. The van der Waals surface area contributed by atoms with Crippen LogP contribution in [-0.2, 0) is 0 Å². The average molecular weight is 330 g/mol. The molecular formula is C20H18N4O. The van der Waals surface area contributed by atoms with Gasteiger partial charge in [0.05, 0.1) is 19.0 Å². The molecule has 0 aliphatic carbocycles. The van der Waals surface area contributed by atoms with Crippen molar-refractivity contribution in [2.45, 2.75) is 13.8 Å². The third kappa shape index (κ3) is 2.74. The van der Waals surface area contributed by atoms with Crippen LogP contribution >= 0.6 is 0 Å². The Hall–Kier alpha value is -3.21. The van der Waals surface area contributed by atoms with Crippen LogP contribution in [0.1, 0.15) is 11.3 Å². The summed E-state index contributed by atoms with van der Waals surface area (Å²) in [6.45, 7) is 4.09. The van der Waals surface area contributed by atoms with Gasteiger partial charge in [0.25, 0.3) is 0 Å². The summed E-state index contributed by atoms with van der Waals surface area (Å²) in [6.07, 6.45) is 7.70. The lowest BCUT2D eigenvalue weighted by Crippen LogP contribution is -1.94. The van der Waals surface area contributed by atoms with Gasteiger partial charge in [0.1, 0.15) is 5.65 Å². The first-order chi connectivity index (χ1) is 12.2. The summed E-state index contributed by atoms with van der Waals surface area (Å²) >= 11 is 0. The monoisotopic (exact) mass is 330 g/mol. The topological polar surface area (TPSA) is 52.3 Å². The van der Waals surface area contributed by atoms with E-state index in [9.17, 15) is 0 Å². The molecule has 0 aromatic carbocycles. The number of imidazole rings is 1. The van der Waals surface area contributed by atoms with Crippen molar-refractivity contribution in [2.24, 2.45) is 0 Å². The Morgan fingerprint density at radius 2 is 1.68 bits per heavy atom. The van der Waals surface area contributed by atoms with E-state index in [0.29, 0.717) is 5.88 Å². The molecular weight excluding hydrogens is 312 g/mol. The lowest BCUT2D eigenvalue weighted by molar-refractivity contribution is 0.398. The van der Waals surface area contributed by atoms with E-state index in [-0.39, 0.29) is 0 Å². The number of hydrogen-bond acceptors (Lipinski definition) is 4. The number of aryl methyl sites for hydroxylation is 2. The highest BCUT2D eigenvalue weighted by Crippen LogP contribution is 2.28. The van der Waals surface area contributed by atoms with Crippen molar-refractivity contribution >= 4 is 5.65 Å². The predicted octanol–water partition coefficient (Wildman–Crippen LogP) is 4.08. The maximum absolute atomic E-state index is 5.14. The van der Waals surface area contributed by atoms with Gasteiger partial charge in [0.15, 0.2) is 0 Å². The van der Waals surface area contributed by atoms with Crippen molar-refractivity contribution in [2.75, 3.05) is 7.11 Å².